The number of nitrogens with one attached hydrogen (secondary N) is 1. The number of aromatic nitrogens is 1. The molecule has 0 amide bonds. The van der Waals surface area contributed by atoms with E-state index >= 15 is 0 Å². The number of methoxy groups -OCH3 is 1. The maximum atomic E-state index is 12.4. The number of fused-ring (bicyclic) bond motifs is 1. The topological polar surface area (TPSA) is 60.5 Å². The maximum Gasteiger partial charge on any atom is 0.341 e. The SMILES string of the molecule is CCOC(=O)c1cnc2ccc(Br)cc2c1Nc1ccc(OC)cc1. The fourth-order valence-corrected chi connectivity index (χ4v) is 2.84. The molecule has 0 atom stereocenters. The van der Waals surface area contributed by atoms with Crippen LogP contribution in [-0.2, 0) is 4.74 Å². The number of nitrogens with zero attached hydrogens (tertiary/aromatic N) is 1. The van der Waals surface area contributed by atoms with Gasteiger partial charge in [-0.3, -0.25) is 4.98 Å². The van der Waals surface area contributed by atoms with Crippen LogP contribution < -0.4 is 10.1 Å². The van der Waals surface area contributed by atoms with Crippen molar-refractivity contribution in [3.05, 3.63) is 58.7 Å². The first kappa shape index (κ1) is 17.2. The third-order valence-electron chi connectivity index (χ3n) is 3.68. The third-order valence-corrected chi connectivity index (χ3v) is 4.18. The third kappa shape index (κ3) is 3.74. The summed E-state index contributed by atoms with van der Waals surface area (Å²) in [6.45, 7) is 2.08. The Morgan fingerprint density at radius 2 is 1.96 bits per heavy atom. The molecule has 0 aliphatic rings. The number of hydrogen-bond donors (Lipinski definition) is 1. The van der Waals surface area contributed by atoms with Crippen molar-refractivity contribution in [3.8, 4) is 5.75 Å². The number of pyridine rings is 1. The van der Waals surface area contributed by atoms with Gasteiger partial charge in [0.15, 0.2) is 0 Å². The lowest BCUT2D eigenvalue weighted by atomic mass is 10.1. The molecular weight excluding hydrogens is 384 g/mol. The van der Waals surface area contributed by atoms with E-state index in [1.54, 1.807) is 20.2 Å². The largest absolute Gasteiger partial charge is 0.497 e. The molecule has 0 fully saturated rings. The van der Waals surface area contributed by atoms with Gasteiger partial charge in [-0.2, -0.15) is 0 Å². The van der Waals surface area contributed by atoms with Gasteiger partial charge in [-0.25, -0.2) is 4.79 Å². The van der Waals surface area contributed by atoms with Crippen LogP contribution in [0.25, 0.3) is 10.9 Å². The standard InChI is InChI=1S/C19H17BrN2O3/c1-3-25-19(23)16-11-21-17-9-4-12(20)10-15(17)18(16)22-13-5-7-14(24-2)8-6-13/h4-11H,3H2,1-2H3,(H,21,22). The lowest BCUT2D eigenvalue weighted by Crippen LogP contribution is -2.09. The highest BCUT2D eigenvalue weighted by Gasteiger charge is 2.17. The molecule has 6 heteroatoms. The van der Waals surface area contributed by atoms with E-state index in [0.717, 1.165) is 26.8 Å². The monoisotopic (exact) mass is 400 g/mol. The Hall–Kier alpha value is -2.60. The molecule has 0 aliphatic heterocycles. The molecular formula is C19H17BrN2O3. The normalized spacial score (nSPS) is 10.5. The van der Waals surface area contributed by atoms with Crippen LogP contribution in [-0.4, -0.2) is 24.7 Å². The molecule has 25 heavy (non-hydrogen) atoms. The fourth-order valence-electron chi connectivity index (χ4n) is 2.48. The molecule has 0 saturated heterocycles. The van der Waals surface area contributed by atoms with Crippen LogP contribution in [0.4, 0.5) is 11.4 Å². The van der Waals surface area contributed by atoms with Crippen molar-refractivity contribution in [3.63, 3.8) is 0 Å². The zero-order valence-electron chi connectivity index (χ0n) is 13.9. The first-order valence-electron chi connectivity index (χ1n) is 7.79. The van der Waals surface area contributed by atoms with Crippen LogP contribution in [0.1, 0.15) is 17.3 Å². The van der Waals surface area contributed by atoms with Crippen molar-refractivity contribution >= 4 is 44.2 Å². The van der Waals surface area contributed by atoms with Gasteiger partial charge in [-0.15, -0.1) is 0 Å². The van der Waals surface area contributed by atoms with Crippen molar-refractivity contribution in [2.24, 2.45) is 0 Å². The predicted molar refractivity (Wildman–Crippen MR) is 102 cm³/mol. The van der Waals surface area contributed by atoms with Crippen molar-refractivity contribution in [2.45, 2.75) is 6.92 Å². The molecule has 0 radical (unpaired) electrons. The summed E-state index contributed by atoms with van der Waals surface area (Å²) < 4.78 is 11.3. The summed E-state index contributed by atoms with van der Waals surface area (Å²) in [5.74, 6) is 0.353. The van der Waals surface area contributed by atoms with E-state index in [2.05, 4.69) is 26.2 Å². The second kappa shape index (κ2) is 7.53. The Labute approximate surface area is 154 Å². The first-order valence-corrected chi connectivity index (χ1v) is 8.58. The molecule has 128 valence electrons. The molecule has 0 spiro atoms. The number of anilines is 2. The van der Waals surface area contributed by atoms with E-state index in [1.165, 1.54) is 0 Å². The van der Waals surface area contributed by atoms with Crippen molar-refractivity contribution in [1.82, 2.24) is 4.98 Å². The number of hydrogen-bond acceptors (Lipinski definition) is 5. The summed E-state index contributed by atoms with van der Waals surface area (Å²) in [5.41, 5.74) is 2.67. The minimum Gasteiger partial charge on any atom is -0.497 e. The minimum absolute atomic E-state index is 0.303. The average Bonchev–Trinajstić information content (AvgIpc) is 2.63. The first-order chi connectivity index (χ1) is 12.1. The number of benzene rings is 2. The van der Waals surface area contributed by atoms with Gasteiger partial charge in [0.25, 0.3) is 0 Å². The van der Waals surface area contributed by atoms with Gasteiger partial charge >= 0.3 is 5.97 Å². The van der Waals surface area contributed by atoms with Gasteiger partial charge in [-0.05, 0) is 49.4 Å². The molecule has 2 aromatic carbocycles. The van der Waals surface area contributed by atoms with Crippen LogP contribution >= 0.6 is 15.9 Å². The summed E-state index contributed by atoms with van der Waals surface area (Å²) in [5, 5.41) is 4.15. The predicted octanol–water partition coefficient (Wildman–Crippen LogP) is 4.93. The lowest BCUT2D eigenvalue weighted by Gasteiger charge is -2.14. The molecule has 3 aromatic rings. The van der Waals surface area contributed by atoms with Gasteiger partial charge in [0.05, 0.1) is 24.9 Å². The number of rotatable bonds is 5. The fraction of sp³-hybridized carbons (Fsp3) is 0.158. The summed E-state index contributed by atoms with van der Waals surface area (Å²) in [7, 11) is 1.62. The van der Waals surface area contributed by atoms with Crippen molar-refractivity contribution in [2.75, 3.05) is 19.0 Å². The van der Waals surface area contributed by atoms with Crippen LogP contribution in [0.5, 0.6) is 5.75 Å². The summed E-state index contributed by atoms with van der Waals surface area (Å²) in [6.07, 6.45) is 1.54. The average molecular weight is 401 g/mol. The second-order valence-corrected chi connectivity index (χ2v) is 6.20. The summed E-state index contributed by atoms with van der Waals surface area (Å²) in [6, 6.07) is 13.2. The summed E-state index contributed by atoms with van der Waals surface area (Å²) in [4.78, 5) is 16.7. The molecule has 3 rings (SSSR count). The van der Waals surface area contributed by atoms with E-state index in [4.69, 9.17) is 9.47 Å². The number of carbonyl (C=O) groups excluding carboxylic acids is 1. The highest BCUT2D eigenvalue weighted by atomic mass is 79.9. The van der Waals surface area contributed by atoms with Crippen LogP contribution in [0.3, 0.4) is 0 Å². The Bertz CT molecular complexity index is 910. The Kier molecular flexibility index (Phi) is 5.19. The van der Waals surface area contributed by atoms with Crippen LogP contribution in [0.15, 0.2) is 53.1 Å². The van der Waals surface area contributed by atoms with Gasteiger partial charge in [-0.1, -0.05) is 15.9 Å². The van der Waals surface area contributed by atoms with E-state index < -0.39 is 5.97 Å². The van der Waals surface area contributed by atoms with Crippen molar-refractivity contribution < 1.29 is 14.3 Å². The zero-order chi connectivity index (χ0) is 17.8. The van der Waals surface area contributed by atoms with Gasteiger partial charge in [0, 0.05) is 21.7 Å². The smallest absolute Gasteiger partial charge is 0.341 e. The van der Waals surface area contributed by atoms with E-state index in [-0.39, 0.29) is 0 Å². The van der Waals surface area contributed by atoms with Crippen LogP contribution in [0.2, 0.25) is 0 Å². The van der Waals surface area contributed by atoms with Gasteiger partial charge < -0.3 is 14.8 Å². The van der Waals surface area contributed by atoms with E-state index in [9.17, 15) is 4.79 Å². The van der Waals surface area contributed by atoms with Gasteiger partial charge in [0.2, 0.25) is 0 Å². The molecule has 0 bridgehead atoms. The molecule has 0 aliphatic carbocycles. The summed E-state index contributed by atoms with van der Waals surface area (Å²) >= 11 is 3.47. The van der Waals surface area contributed by atoms with E-state index in [1.807, 2.05) is 42.5 Å². The number of halogens is 1. The van der Waals surface area contributed by atoms with Gasteiger partial charge in [0.1, 0.15) is 11.3 Å². The zero-order valence-corrected chi connectivity index (χ0v) is 15.5. The Balaban J connectivity index is 2.12. The number of esters is 1. The highest BCUT2D eigenvalue weighted by molar-refractivity contribution is 9.10. The number of carbonyl (C=O) groups is 1. The molecule has 0 saturated carbocycles. The molecule has 0 unspecified atom stereocenters. The van der Waals surface area contributed by atoms with Crippen LogP contribution in [0, 0.1) is 0 Å². The Morgan fingerprint density at radius 1 is 1.20 bits per heavy atom. The van der Waals surface area contributed by atoms with E-state index in [0.29, 0.717) is 17.9 Å². The minimum atomic E-state index is -0.409. The molecule has 1 aromatic heterocycles. The second-order valence-electron chi connectivity index (χ2n) is 5.28. The molecule has 5 nitrogen and oxygen atoms in total. The van der Waals surface area contributed by atoms with Crippen molar-refractivity contribution in [1.29, 1.82) is 0 Å². The molecule has 1 N–H and O–H groups in total. The maximum absolute atomic E-state index is 12.4. The highest BCUT2D eigenvalue weighted by Crippen LogP contribution is 2.32. The quantitative estimate of drug-likeness (QED) is 0.615. The number of ether oxygens (including phenoxy) is 2. The molecule has 1 heterocycles. The lowest BCUT2D eigenvalue weighted by molar-refractivity contribution is 0.0527. The Morgan fingerprint density at radius 3 is 2.64 bits per heavy atom.